The van der Waals surface area contributed by atoms with Crippen LogP contribution < -0.4 is 10.2 Å². The van der Waals surface area contributed by atoms with Crippen LogP contribution in [0.4, 0.5) is 0 Å². The van der Waals surface area contributed by atoms with Gasteiger partial charge < -0.3 is 9.94 Å². The molecule has 0 aliphatic carbocycles. The summed E-state index contributed by atoms with van der Waals surface area (Å²) >= 11 is 0. The molecular formula is C26H25N3O4. The fourth-order valence-electron chi connectivity index (χ4n) is 3.91. The Kier molecular flexibility index (Phi) is 5.96. The van der Waals surface area contributed by atoms with Crippen LogP contribution in [-0.2, 0) is 6.42 Å². The molecule has 2 heterocycles. The number of rotatable bonds is 5. The molecule has 1 N–H and O–H groups in total. The van der Waals surface area contributed by atoms with Crippen LogP contribution in [0.15, 0.2) is 76.8 Å². The van der Waals surface area contributed by atoms with Crippen LogP contribution >= 0.6 is 0 Å². The molecule has 1 aromatic heterocycles. The minimum atomic E-state index is -0.512. The SMILES string of the molecule is COc1ccc2c(c1)C(CC(=O)c1ccc(C(=O)N=c3ccccn3O)cc1)=NC(C)(C)C2. The van der Waals surface area contributed by atoms with Crippen LogP contribution in [0, 0.1) is 0 Å². The number of carbonyl (C=O) groups is 2. The number of ketones is 1. The van der Waals surface area contributed by atoms with Gasteiger partial charge in [-0.05, 0) is 62.2 Å². The number of aliphatic imine (C=N–C) groups is 1. The highest BCUT2D eigenvalue weighted by Gasteiger charge is 2.28. The molecule has 1 aliphatic rings. The van der Waals surface area contributed by atoms with E-state index < -0.39 is 5.91 Å². The van der Waals surface area contributed by atoms with Crippen LogP contribution in [0.2, 0.25) is 0 Å². The van der Waals surface area contributed by atoms with E-state index in [-0.39, 0.29) is 23.2 Å². The molecule has 0 saturated heterocycles. The average Bonchev–Trinajstić information content (AvgIpc) is 2.79. The van der Waals surface area contributed by atoms with Crippen LogP contribution in [0.5, 0.6) is 5.75 Å². The summed E-state index contributed by atoms with van der Waals surface area (Å²) in [7, 11) is 1.61. The predicted octanol–water partition coefficient (Wildman–Crippen LogP) is 3.87. The van der Waals surface area contributed by atoms with E-state index in [4.69, 9.17) is 9.73 Å². The lowest BCUT2D eigenvalue weighted by Gasteiger charge is -2.29. The van der Waals surface area contributed by atoms with Crippen molar-refractivity contribution in [3.05, 3.63) is 94.6 Å². The molecule has 0 bridgehead atoms. The van der Waals surface area contributed by atoms with E-state index >= 15 is 0 Å². The normalized spacial score (nSPS) is 14.9. The van der Waals surface area contributed by atoms with Crippen molar-refractivity contribution in [2.24, 2.45) is 9.98 Å². The number of hydrogen-bond acceptors (Lipinski definition) is 5. The number of benzene rings is 2. The second kappa shape index (κ2) is 8.86. The Bertz CT molecular complexity index is 1320. The maximum Gasteiger partial charge on any atom is 0.279 e. The smallest absolute Gasteiger partial charge is 0.279 e. The molecule has 0 spiro atoms. The molecule has 0 unspecified atom stereocenters. The summed E-state index contributed by atoms with van der Waals surface area (Å²) in [4.78, 5) is 34.2. The Morgan fingerprint density at radius 1 is 1.09 bits per heavy atom. The number of hydrogen-bond donors (Lipinski definition) is 1. The third-order valence-electron chi connectivity index (χ3n) is 5.50. The maximum absolute atomic E-state index is 13.0. The first-order valence-corrected chi connectivity index (χ1v) is 10.6. The molecule has 0 atom stereocenters. The van der Waals surface area contributed by atoms with Gasteiger partial charge in [-0.15, -0.1) is 0 Å². The van der Waals surface area contributed by atoms with Crippen molar-refractivity contribution in [3.8, 4) is 5.75 Å². The van der Waals surface area contributed by atoms with E-state index in [2.05, 4.69) is 18.8 Å². The molecule has 168 valence electrons. The van der Waals surface area contributed by atoms with Crippen LogP contribution in [0.25, 0.3) is 0 Å². The van der Waals surface area contributed by atoms with Crippen molar-refractivity contribution >= 4 is 17.4 Å². The number of methoxy groups -OCH3 is 1. The Labute approximate surface area is 191 Å². The summed E-state index contributed by atoms with van der Waals surface area (Å²) in [5, 5.41) is 9.73. The molecule has 3 aromatic rings. The van der Waals surface area contributed by atoms with Crippen molar-refractivity contribution in [1.82, 2.24) is 4.73 Å². The zero-order valence-electron chi connectivity index (χ0n) is 18.8. The first-order chi connectivity index (χ1) is 15.8. The number of fused-ring (bicyclic) bond motifs is 1. The second-order valence-corrected chi connectivity index (χ2v) is 8.57. The average molecular weight is 444 g/mol. The molecule has 1 amide bonds. The fourth-order valence-corrected chi connectivity index (χ4v) is 3.91. The Morgan fingerprint density at radius 3 is 2.52 bits per heavy atom. The zero-order valence-corrected chi connectivity index (χ0v) is 18.8. The Morgan fingerprint density at radius 2 is 1.82 bits per heavy atom. The summed E-state index contributed by atoms with van der Waals surface area (Å²) < 4.78 is 6.13. The van der Waals surface area contributed by atoms with Gasteiger partial charge in [0.25, 0.3) is 5.91 Å². The summed E-state index contributed by atoms with van der Waals surface area (Å²) in [6.07, 6.45) is 2.33. The molecule has 0 saturated carbocycles. The van der Waals surface area contributed by atoms with Gasteiger partial charge in [0.05, 0.1) is 24.8 Å². The highest BCUT2D eigenvalue weighted by Crippen LogP contribution is 2.31. The third kappa shape index (κ3) is 4.92. The number of ether oxygens (including phenoxy) is 1. The second-order valence-electron chi connectivity index (χ2n) is 8.57. The predicted molar refractivity (Wildman–Crippen MR) is 124 cm³/mol. The van der Waals surface area contributed by atoms with E-state index in [1.807, 2.05) is 18.2 Å². The fraction of sp³-hybridized carbons (Fsp3) is 0.231. The van der Waals surface area contributed by atoms with Crippen LogP contribution in [0.3, 0.4) is 0 Å². The van der Waals surface area contributed by atoms with Crippen molar-refractivity contribution in [2.75, 3.05) is 7.11 Å². The number of aromatic nitrogens is 1. The minimum absolute atomic E-state index is 0.0904. The van der Waals surface area contributed by atoms with Gasteiger partial charge in [0.1, 0.15) is 5.75 Å². The highest BCUT2D eigenvalue weighted by molar-refractivity contribution is 6.17. The summed E-state index contributed by atoms with van der Waals surface area (Å²) in [6, 6.07) is 17.1. The van der Waals surface area contributed by atoms with Gasteiger partial charge in [-0.1, -0.05) is 24.3 Å². The summed E-state index contributed by atoms with van der Waals surface area (Å²) in [5.41, 5.74) is 3.44. The topological polar surface area (TPSA) is 93.2 Å². The van der Waals surface area contributed by atoms with Gasteiger partial charge in [-0.25, -0.2) is 0 Å². The molecule has 0 fully saturated rings. The lowest BCUT2D eigenvalue weighted by molar-refractivity contribution is 0.0981. The number of carbonyl (C=O) groups excluding carboxylic acids is 2. The number of amides is 1. The Balaban J connectivity index is 1.56. The molecule has 33 heavy (non-hydrogen) atoms. The molecule has 2 aromatic carbocycles. The van der Waals surface area contributed by atoms with Gasteiger partial charge in [0.2, 0.25) is 0 Å². The van der Waals surface area contributed by atoms with Crippen molar-refractivity contribution < 1.29 is 19.5 Å². The standard InChI is InChI=1S/C26H25N3O4/c1-26(2)16-19-11-12-20(33-3)14-21(19)22(28-26)15-23(30)17-7-9-18(10-8-17)25(31)27-24-6-4-5-13-29(24)32/h4-14,32H,15-16H2,1-3H3. The maximum atomic E-state index is 13.0. The van der Waals surface area contributed by atoms with Crippen LogP contribution in [0.1, 0.15) is 52.1 Å². The van der Waals surface area contributed by atoms with Gasteiger partial charge in [-0.2, -0.15) is 9.72 Å². The van der Waals surface area contributed by atoms with Crippen LogP contribution in [-0.4, -0.2) is 40.0 Å². The van der Waals surface area contributed by atoms with E-state index in [0.29, 0.717) is 11.1 Å². The highest BCUT2D eigenvalue weighted by atomic mass is 16.5. The van der Waals surface area contributed by atoms with E-state index in [1.165, 1.54) is 12.3 Å². The van der Waals surface area contributed by atoms with Crippen molar-refractivity contribution in [1.29, 1.82) is 0 Å². The lowest BCUT2D eigenvalue weighted by atomic mass is 9.85. The molecule has 7 nitrogen and oxygen atoms in total. The van der Waals surface area contributed by atoms with E-state index in [9.17, 15) is 14.8 Å². The summed E-state index contributed by atoms with van der Waals surface area (Å²) in [5.74, 6) is 0.123. The lowest BCUT2D eigenvalue weighted by Crippen LogP contribution is -2.30. The number of nitrogens with zero attached hydrogens (tertiary/aromatic N) is 3. The number of pyridine rings is 1. The molecule has 4 rings (SSSR count). The zero-order chi connectivity index (χ0) is 23.6. The monoisotopic (exact) mass is 443 g/mol. The van der Waals surface area contributed by atoms with Gasteiger partial charge in [0, 0.05) is 22.9 Å². The van der Waals surface area contributed by atoms with Crippen molar-refractivity contribution in [3.63, 3.8) is 0 Å². The first kappa shape index (κ1) is 22.2. The van der Waals surface area contributed by atoms with E-state index in [1.54, 1.807) is 43.5 Å². The quantitative estimate of drug-likeness (QED) is 0.479. The largest absolute Gasteiger partial charge is 0.497 e. The van der Waals surface area contributed by atoms with Gasteiger partial charge in [-0.3, -0.25) is 14.6 Å². The van der Waals surface area contributed by atoms with Gasteiger partial charge >= 0.3 is 0 Å². The third-order valence-corrected chi connectivity index (χ3v) is 5.50. The minimum Gasteiger partial charge on any atom is -0.497 e. The molecule has 7 heteroatoms. The molecular weight excluding hydrogens is 418 g/mol. The summed E-state index contributed by atoms with van der Waals surface area (Å²) in [6.45, 7) is 4.11. The van der Waals surface area contributed by atoms with Gasteiger partial charge in [0.15, 0.2) is 11.3 Å². The number of Topliss-reactive ketones (excluding diaryl/α,β-unsaturated/α-hetero) is 1. The van der Waals surface area contributed by atoms with E-state index in [0.717, 1.165) is 33.7 Å². The molecule has 1 aliphatic heterocycles. The van der Waals surface area contributed by atoms with Crippen molar-refractivity contribution in [2.45, 2.75) is 32.2 Å². The first-order valence-electron chi connectivity index (χ1n) is 10.6. The Hall–Kier alpha value is -4.00. The molecule has 0 radical (unpaired) electrons.